The maximum absolute atomic E-state index is 11.7. The molecule has 0 fully saturated rings. The molecule has 0 radical (unpaired) electrons. The van der Waals surface area contributed by atoms with Crippen molar-refractivity contribution in [2.45, 2.75) is 59.0 Å². The van der Waals surface area contributed by atoms with Crippen LogP contribution in [0.3, 0.4) is 0 Å². The third kappa shape index (κ3) is 5.85. The van der Waals surface area contributed by atoms with Crippen molar-refractivity contribution < 1.29 is 9.59 Å². The average Bonchev–Trinajstić information content (AvgIpc) is 2.15. The molecule has 0 aromatic rings. The van der Waals surface area contributed by atoms with E-state index in [9.17, 15) is 9.59 Å². The van der Waals surface area contributed by atoms with Crippen LogP contribution in [0.1, 0.15) is 47.0 Å². The minimum Gasteiger partial charge on any atom is -0.345 e. The van der Waals surface area contributed by atoms with Crippen molar-refractivity contribution in [1.29, 1.82) is 0 Å². The molecular weight excluding hydrogens is 204 g/mol. The molecular formula is C12H24N2O2. The van der Waals surface area contributed by atoms with Crippen LogP contribution >= 0.6 is 0 Å². The Morgan fingerprint density at radius 3 is 2.25 bits per heavy atom. The molecule has 0 saturated carbocycles. The van der Waals surface area contributed by atoms with Crippen LogP contribution in [0.2, 0.25) is 0 Å². The first-order valence-electron chi connectivity index (χ1n) is 5.94. The van der Waals surface area contributed by atoms with Gasteiger partial charge in [0.25, 0.3) is 0 Å². The molecule has 2 atom stereocenters. The summed E-state index contributed by atoms with van der Waals surface area (Å²) in [6.45, 7) is 7.51. The number of hydrogen-bond donors (Lipinski definition) is 2. The lowest BCUT2D eigenvalue weighted by Gasteiger charge is -2.19. The van der Waals surface area contributed by atoms with Crippen LogP contribution in [-0.2, 0) is 9.59 Å². The molecule has 4 heteroatoms. The zero-order valence-electron chi connectivity index (χ0n) is 10.7. The van der Waals surface area contributed by atoms with Gasteiger partial charge in [0.15, 0.2) is 5.78 Å². The SMILES string of the molecule is CCC[C@H](NC(=O)[C@@H](N)CC(C)C)C(C)=O. The van der Waals surface area contributed by atoms with Gasteiger partial charge in [0.2, 0.25) is 5.91 Å². The zero-order valence-corrected chi connectivity index (χ0v) is 10.7. The van der Waals surface area contributed by atoms with Gasteiger partial charge in [0, 0.05) is 0 Å². The first-order chi connectivity index (χ1) is 7.38. The van der Waals surface area contributed by atoms with Crippen molar-refractivity contribution in [2.75, 3.05) is 0 Å². The van der Waals surface area contributed by atoms with Crippen molar-refractivity contribution in [3.05, 3.63) is 0 Å². The van der Waals surface area contributed by atoms with Crippen LogP contribution in [-0.4, -0.2) is 23.8 Å². The Kier molecular flexibility index (Phi) is 6.97. The fraction of sp³-hybridized carbons (Fsp3) is 0.833. The maximum Gasteiger partial charge on any atom is 0.237 e. The van der Waals surface area contributed by atoms with E-state index >= 15 is 0 Å². The molecule has 0 saturated heterocycles. The molecule has 3 N–H and O–H groups in total. The number of carbonyl (C=O) groups is 2. The zero-order chi connectivity index (χ0) is 12.7. The second-order valence-electron chi connectivity index (χ2n) is 4.70. The Hall–Kier alpha value is -0.900. The average molecular weight is 228 g/mol. The van der Waals surface area contributed by atoms with E-state index in [2.05, 4.69) is 5.32 Å². The molecule has 0 aromatic heterocycles. The van der Waals surface area contributed by atoms with E-state index in [1.807, 2.05) is 20.8 Å². The van der Waals surface area contributed by atoms with Crippen molar-refractivity contribution in [3.63, 3.8) is 0 Å². The van der Waals surface area contributed by atoms with Gasteiger partial charge in [-0.05, 0) is 25.7 Å². The highest BCUT2D eigenvalue weighted by molar-refractivity contribution is 5.89. The summed E-state index contributed by atoms with van der Waals surface area (Å²) in [7, 11) is 0. The lowest BCUT2D eigenvalue weighted by atomic mass is 10.0. The van der Waals surface area contributed by atoms with Gasteiger partial charge in [-0.25, -0.2) is 0 Å². The first kappa shape index (κ1) is 15.1. The number of nitrogens with two attached hydrogens (primary N) is 1. The Bertz CT molecular complexity index is 239. The molecule has 0 aliphatic heterocycles. The van der Waals surface area contributed by atoms with Gasteiger partial charge in [-0.15, -0.1) is 0 Å². The van der Waals surface area contributed by atoms with Crippen molar-refractivity contribution in [2.24, 2.45) is 11.7 Å². The second kappa shape index (κ2) is 7.39. The van der Waals surface area contributed by atoms with E-state index in [0.717, 1.165) is 6.42 Å². The predicted octanol–water partition coefficient (Wildman–Crippen LogP) is 1.23. The Labute approximate surface area is 98.0 Å². The quantitative estimate of drug-likeness (QED) is 0.688. The summed E-state index contributed by atoms with van der Waals surface area (Å²) in [5.74, 6) is 0.150. The van der Waals surface area contributed by atoms with Gasteiger partial charge >= 0.3 is 0 Å². The monoisotopic (exact) mass is 228 g/mol. The topological polar surface area (TPSA) is 72.2 Å². The maximum atomic E-state index is 11.7. The Balaban J connectivity index is 4.23. The molecule has 0 spiro atoms. The highest BCUT2D eigenvalue weighted by atomic mass is 16.2. The van der Waals surface area contributed by atoms with Gasteiger partial charge in [-0.2, -0.15) is 0 Å². The standard InChI is InChI=1S/C12H24N2O2/c1-5-6-11(9(4)15)14-12(16)10(13)7-8(2)3/h8,10-11H,5-7,13H2,1-4H3,(H,14,16)/t10-,11-/m0/s1. The molecule has 94 valence electrons. The first-order valence-corrected chi connectivity index (χ1v) is 5.94. The highest BCUT2D eigenvalue weighted by Crippen LogP contribution is 2.04. The van der Waals surface area contributed by atoms with Crippen LogP contribution in [0, 0.1) is 5.92 Å². The largest absolute Gasteiger partial charge is 0.345 e. The summed E-state index contributed by atoms with van der Waals surface area (Å²) in [4.78, 5) is 22.9. The summed E-state index contributed by atoms with van der Waals surface area (Å²) >= 11 is 0. The molecule has 0 bridgehead atoms. The summed E-state index contributed by atoms with van der Waals surface area (Å²) in [6, 6.07) is -0.894. The Morgan fingerprint density at radius 1 is 1.31 bits per heavy atom. The summed E-state index contributed by atoms with van der Waals surface area (Å²) in [6.07, 6.45) is 2.18. The van der Waals surface area contributed by atoms with Crippen LogP contribution in [0.5, 0.6) is 0 Å². The molecule has 0 aromatic carbocycles. The number of carbonyl (C=O) groups excluding carboxylic acids is 2. The van der Waals surface area contributed by atoms with E-state index in [4.69, 9.17) is 5.73 Å². The van der Waals surface area contributed by atoms with Crippen LogP contribution in [0.15, 0.2) is 0 Å². The smallest absolute Gasteiger partial charge is 0.237 e. The highest BCUT2D eigenvalue weighted by Gasteiger charge is 2.20. The minimum atomic E-state index is -0.515. The molecule has 0 heterocycles. The number of nitrogens with one attached hydrogen (secondary N) is 1. The number of hydrogen-bond acceptors (Lipinski definition) is 3. The van der Waals surface area contributed by atoms with Gasteiger partial charge in [-0.3, -0.25) is 9.59 Å². The van der Waals surface area contributed by atoms with E-state index in [-0.39, 0.29) is 17.7 Å². The van der Waals surface area contributed by atoms with E-state index in [1.165, 1.54) is 6.92 Å². The third-order valence-corrected chi connectivity index (χ3v) is 2.45. The van der Waals surface area contributed by atoms with Crippen molar-refractivity contribution in [1.82, 2.24) is 5.32 Å². The number of ketones is 1. The Morgan fingerprint density at radius 2 is 1.88 bits per heavy atom. The van der Waals surface area contributed by atoms with Crippen molar-refractivity contribution >= 4 is 11.7 Å². The van der Waals surface area contributed by atoms with Crippen LogP contribution < -0.4 is 11.1 Å². The van der Waals surface area contributed by atoms with Gasteiger partial charge < -0.3 is 11.1 Å². The van der Waals surface area contributed by atoms with Gasteiger partial charge in [-0.1, -0.05) is 27.2 Å². The van der Waals surface area contributed by atoms with Crippen LogP contribution in [0.25, 0.3) is 0 Å². The fourth-order valence-electron chi connectivity index (χ4n) is 1.56. The molecule has 0 aliphatic carbocycles. The number of Topliss-reactive ketones (excluding diaryl/α,β-unsaturated/α-hetero) is 1. The summed E-state index contributed by atoms with van der Waals surface area (Å²) in [5, 5.41) is 2.71. The van der Waals surface area contributed by atoms with Gasteiger partial charge in [0.1, 0.15) is 0 Å². The fourth-order valence-corrected chi connectivity index (χ4v) is 1.56. The summed E-state index contributed by atoms with van der Waals surface area (Å²) in [5.41, 5.74) is 5.74. The number of amides is 1. The van der Waals surface area contributed by atoms with E-state index < -0.39 is 6.04 Å². The normalized spacial score (nSPS) is 14.6. The molecule has 1 amide bonds. The minimum absolute atomic E-state index is 0.00746. The van der Waals surface area contributed by atoms with E-state index in [1.54, 1.807) is 0 Å². The summed E-state index contributed by atoms with van der Waals surface area (Å²) < 4.78 is 0. The lowest BCUT2D eigenvalue weighted by molar-refractivity contribution is -0.128. The van der Waals surface area contributed by atoms with Crippen LogP contribution in [0.4, 0.5) is 0 Å². The molecule has 4 nitrogen and oxygen atoms in total. The molecule has 0 unspecified atom stereocenters. The lowest BCUT2D eigenvalue weighted by Crippen LogP contribution is -2.48. The predicted molar refractivity (Wildman–Crippen MR) is 65.0 cm³/mol. The molecule has 0 aliphatic rings. The van der Waals surface area contributed by atoms with Gasteiger partial charge in [0.05, 0.1) is 12.1 Å². The second-order valence-corrected chi connectivity index (χ2v) is 4.70. The number of rotatable bonds is 7. The van der Waals surface area contributed by atoms with Crippen molar-refractivity contribution in [3.8, 4) is 0 Å². The molecule has 0 rings (SSSR count). The third-order valence-electron chi connectivity index (χ3n) is 2.45. The van der Waals surface area contributed by atoms with E-state index in [0.29, 0.717) is 18.8 Å². The molecule has 16 heavy (non-hydrogen) atoms.